The average Bonchev–Trinajstić information content (AvgIpc) is 2.54. The van der Waals surface area contributed by atoms with Crippen molar-refractivity contribution in [1.29, 1.82) is 0 Å². The van der Waals surface area contributed by atoms with E-state index in [0.717, 1.165) is 23.3 Å². The van der Waals surface area contributed by atoms with Crippen LogP contribution in [0.1, 0.15) is 41.6 Å². The summed E-state index contributed by atoms with van der Waals surface area (Å²) >= 11 is 0. The van der Waals surface area contributed by atoms with Crippen LogP contribution in [-0.2, 0) is 4.79 Å². The van der Waals surface area contributed by atoms with Gasteiger partial charge in [0.05, 0.1) is 6.04 Å². The van der Waals surface area contributed by atoms with E-state index in [1.54, 1.807) is 0 Å². The molecule has 1 N–H and O–H groups in total. The summed E-state index contributed by atoms with van der Waals surface area (Å²) in [6, 6.07) is 14.1. The molecule has 3 nitrogen and oxygen atoms in total. The van der Waals surface area contributed by atoms with Gasteiger partial charge in [0.1, 0.15) is 5.75 Å². The van der Waals surface area contributed by atoms with Crippen LogP contribution < -0.4 is 10.1 Å². The fourth-order valence-electron chi connectivity index (χ4n) is 2.41. The molecule has 1 atom stereocenters. The molecule has 2 aromatic rings. The second-order valence-electron chi connectivity index (χ2n) is 5.97. The number of rotatable bonds is 6. The number of benzene rings is 2. The molecule has 0 aliphatic carbocycles. The summed E-state index contributed by atoms with van der Waals surface area (Å²) in [6.07, 6.45) is 0.846. The van der Waals surface area contributed by atoms with Gasteiger partial charge >= 0.3 is 0 Å². The first-order valence-corrected chi connectivity index (χ1v) is 8.05. The molecule has 0 radical (unpaired) electrons. The number of aryl methyl sites for hydroxylation is 3. The molecule has 2 rings (SSSR count). The van der Waals surface area contributed by atoms with Crippen LogP contribution in [0, 0.1) is 20.8 Å². The van der Waals surface area contributed by atoms with Gasteiger partial charge in [0.15, 0.2) is 6.61 Å². The maximum Gasteiger partial charge on any atom is 0.258 e. The molecule has 0 saturated heterocycles. The number of hydrogen-bond donors (Lipinski definition) is 1. The average molecular weight is 311 g/mol. The fourth-order valence-corrected chi connectivity index (χ4v) is 2.41. The molecule has 0 unspecified atom stereocenters. The highest BCUT2D eigenvalue weighted by molar-refractivity contribution is 5.78. The van der Waals surface area contributed by atoms with Crippen LogP contribution in [0.15, 0.2) is 42.5 Å². The molecule has 2 aromatic carbocycles. The van der Waals surface area contributed by atoms with E-state index in [9.17, 15) is 4.79 Å². The van der Waals surface area contributed by atoms with Gasteiger partial charge in [-0.05, 0) is 56.0 Å². The molecule has 1 amide bonds. The van der Waals surface area contributed by atoms with Gasteiger partial charge in [-0.1, -0.05) is 42.8 Å². The van der Waals surface area contributed by atoms with Crippen LogP contribution in [0.5, 0.6) is 5.75 Å². The molecule has 0 fully saturated rings. The predicted octanol–water partition coefficient (Wildman–Crippen LogP) is 4.26. The Morgan fingerprint density at radius 1 is 1.04 bits per heavy atom. The summed E-state index contributed by atoms with van der Waals surface area (Å²) in [5.41, 5.74) is 4.71. The Morgan fingerprint density at radius 2 is 1.74 bits per heavy atom. The minimum Gasteiger partial charge on any atom is -0.484 e. The van der Waals surface area contributed by atoms with Crippen molar-refractivity contribution in [2.45, 2.75) is 40.2 Å². The zero-order valence-corrected chi connectivity index (χ0v) is 14.3. The van der Waals surface area contributed by atoms with Crippen LogP contribution >= 0.6 is 0 Å². The van der Waals surface area contributed by atoms with E-state index >= 15 is 0 Å². The summed E-state index contributed by atoms with van der Waals surface area (Å²) in [6.45, 7) is 8.24. The zero-order chi connectivity index (χ0) is 16.8. The van der Waals surface area contributed by atoms with E-state index in [2.05, 4.69) is 50.4 Å². The van der Waals surface area contributed by atoms with Gasteiger partial charge in [-0.2, -0.15) is 0 Å². The first kappa shape index (κ1) is 17.1. The standard InChI is InChI=1S/C20H25NO2/c1-5-19(17-9-6-14(2)7-10-17)21-20(22)13-23-18-11-8-15(3)16(4)12-18/h6-12,19H,5,13H2,1-4H3,(H,21,22)/t19-/m1/s1. The Balaban J connectivity index is 1.92. The Hall–Kier alpha value is -2.29. The number of carbonyl (C=O) groups is 1. The molecule has 0 aliphatic rings. The second kappa shape index (κ2) is 7.82. The van der Waals surface area contributed by atoms with E-state index in [4.69, 9.17) is 4.74 Å². The summed E-state index contributed by atoms with van der Waals surface area (Å²) < 4.78 is 5.59. The smallest absolute Gasteiger partial charge is 0.258 e. The first-order valence-electron chi connectivity index (χ1n) is 8.05. The van der Waals surface area contributed by atoms with Crippen molar-refractivity contribution in [2.24, 2.45) is 0 Å². The molecule has 0 spiro atoms. The Morgan fingerprint density at radius 3 is 2.35 bits per heavy atom. The van der Waals surface area contributed by atoms with E-state index in [0.29, 0.717) is 0 Å². The quantitative estimate of drug-likeness (QED) is 0.865. The van der Waals surface area contributed by atoms with Crippen molar-refractivity contribution in [1.82, 2.24) is 5.32 Å². The monoisotopic (exact) mass is 311 g/mol. The van der Waals surface area contributed by atoms with Crippen LogP contribution in [0.25, 0.3) is 0 Å². The van der Waals surface area contributed by atoms with Gasteiger partial charge < -0.3 is 10.1 Å². The lowest BCUT2D eigenvalue weighted by Gasteiger charge is -2.18. The highest BCUT2D eigenvalue weighted by Gasteiger charge is 2.13. The number of hydrogen-bond acceptors (Lipinski definition) is 2. The number of nitrogens with one attached hydrogen (secondary N) is 1. The lowest BCUT2D eigenvalue weighted by atomic mass is 10.0. The highest BCUT2D eigenvalue weighted by atomic mass is 16.5. The predicted molar refractivity (Wildman–Crippen MR) is 93.8 cm³/mol. The Kier molecular flexibility index (Phi) is 5.80. The van der Waals surface area contributed by atoms with E-state index < -0.39 is 0 Å². The van der Waals surface area contributed by atoms with Crippen molar-refractivity contribution in [2.75, 3.05) is 6.61 Å². The highest BCUT2D eigenvalue weighted by Crippen LogP contribution is 2.18. The normalized spacial score (nSPS) is 11.8. The van der Waals surface area contributed by atoms with Gasteiger partial charge in [0.2, 0.25) is 0 Å². The van der Waals surface area contributed by atoms with Crippen molar-refractivity contribution in [3.8, 4) is 5.75 Å². The molecule has 0 aliphatic heterocycles. The molecule has 3 heteroatoms. The molecule has 122 valence electrons. The molecule has 0 heterocycles. The molecular weight excluding hydrogens is 286 g/mol. The summed E-state index contributed by atoms with van der Waals surface area (Å²) in [7, 11) is 0. The Labute approximate surface area is 138 Å². The van der Waals surface area contributed by atoms with Crippen LogP contribution in [0.4, 0.5) is 0 Å². The molecule has 23 heavy (non-hydrogen) atoms. The minimum absolute atomic E-state index is 0.0199. The molecule has 0 bridgehead atoms. The van der Waals surface area contributed by atoms with Gasteiger partial charge in [-0.25, -0.2) is 0 Å². The van der Waals surface area contributed by atoms with Crippen LogP contribution in [0.2, 0.25) is 0 Å². The van der Waals surface area contributed by atoms with Crippen LogP contribution in [0.3, 0.4) is 0 Å². The SMILES string of the molecule is CC[C@@H](NC(=O)COc1ccc(C)c(C)c1)c1ccc(C)cc1. The molecule has 0 aromatic heterocycles. The van der Waals surface area contributed by atoms with Crippen LogP contribution in [-0.4, -0.2) is 12.5 Å². The summed E-state index contributed by atoms with van der Waals surface area (Å²) in [5.74, 6) is 0.627. The van der Waals surface area contributed by atoms with Gasteiger partial charge in [-0.3, -0.25) is 4.79 Å². The lowest BCUT2D eigenvalue weighted by molar-refractivity contribution is -0.123. The van der Waals surface area contributed by atoms with Gasteiger partial charge in [0, 0.05) is 0 Å². The summed E-state index contributed by atoms with van der Waals surface area (Å²) in [4.78, 5) is 12.1. The zero-order valence-electron chi connectivity index (χ0n) is 14.3. The number of ether oxygens (including phenoxy) is 1. The molecule has 0 saturated carbocycles. The third kappa shape index (κ3) is 4.85. The van der Waals surface area contributed by atoms with Crippen molar-refractivity contribution < 1.29 is 9.53 Å². The van der Waals surface area contributed by atoms with Gasteiger partial charge in [-0.15, -0.1) is 0 Å². The fraction of sp³-hybridized carbons (Fsp3) is 0.350. The van der Waals surface area contributed by atoms with E-state index in [1.807, 2.05) is 25.1 Å². The van der Waals surface area contributed by atoms with Crippen molar-refractivity contribution >= 4 is 5.91 Å². The largest absolute Gasteiger partial charge is 0.484 e. The summed E-state index contributed by atoms with van der Waals surface area (Å²) in [5, 5.41) is 3.03. The lowest BCUT2D eigenvalue weighted by Crippen LogP contribution is -2.32. The van der Waals surface area contributed by atoms with Crippen molar-refractivity contribution in [3.63, 3.8) is 0 Å². The van der Waals surface area contributed by atoms with Gasteiger partial charge in [0.25, 0.3) is 5.91 Å². The minimum atomic E-state index is -0.101. The van der Waals surface area contributed by atoms with E-state index in [1.165, 1.54) is 11.1 Å². The third-order valence-corrected chi connectivity index (χ3v) is 4.07. The maximum atomic E-state index is 12.1. The maximum absolute atomic E-state index is 12.1. The number of amides is 1. The first-order chi connectivity index (χ1) is 11.0. The number of carbonyl (C=O) groups excluding carboxylic acids is 1. The van der Waals surface area contributed by atoms with Crippen molar-refractivity contribution in [3.05, 3.63) is 64.7 Å². The second-order valence-corrected chi connectivity index (χ2v) is 5.97. The topological polar surface area (TPSA) is 38.3 Å². The third-order valence-electron chi connectivity index (χ3n) is 4.07. The van der Waals surface area contributed by atoms with E-state index in [-0.39, 0.29) is 18.6 Å². The molecular formula is C20H25NO2. The Bertz CT molecular complexity index is 662.